The Morgan fingerprint density at radius 1 is 0.525 bits per heavy atom. The molecule has 0 atom stereocenters. The Morgan fingerprint density at radius 2 is 0.975 bits per heavy atom. The predicted octanol–water partition coefficient (Wildman–Crippen LogP) is 6.78. The van der Waals surface area contributed by atoms with E-state index in [1.54, 1.807) is 0 Å². The molecule has 0 bridgehead atoms. The van der Waals surface area contributed by atoms with E-state index in [9.17, 15) is 0 Å². The summed E-state index contributed by atoms with van der Waals surface area (Å²) in [6.07, 6.45) is 0. The van der Waals surface area contributed by atoms with Gasteiger partial charge >= 0.3 is 0 Å². The summed E-state index contributed by atoms with van der Waals surface area (Å²) in [5, 5.41) is 32.1. The molecule has 40 heavy (non-hydrogen) atoms. The number of nitrogens with two attached hydrogens (primary N) is 4. The normalized spacial score (nSPS) is 11.7. The van der Waals surface area contributed by atoms with E-state index in [0.717, 1.165) is 33.0 Å². The fourth-order valence-electron chi connectivity index (χ4n) is 4.45. The number of fused-ring (bicyclic) bond motifs is 1. The van der Waals surface area contributed by atoms with Crippen LogP contribution in [0.25, 0.3) is 33.0 Å². The van der Waals surface area contributed by atoms with Crippen LogP contribution in [0, 0.1) is 0 Å². The summed E-state index contributed by atoms with van der Waals surface area (Å²) in [7, 11) is 0. The molecule has 12 nitrogen and oxygen atoms in total. The minimum atomic E-state index is 0.189. The second-order valence-electron chi connectivity index (χ2n) is 8.95. The van der Waals surface area contributed by atoms with Crippen molar-refractivity contribution in [3.63, 3.8) is 0 Å². The van der Waals surface area contributed by atoms with Crippen molar-refractivity contribution in [2.75, 3.05) is 22.9 Å². The third kappa shape index (κ3) is 4.56. The predicted molar refractivity (Wildman–Crippen MR) is 158 cm³/mol. The van der Waals surface area contributed by atoms with Gasteiger partial charge in [-0.25, -0.2) is 0 Å². The molecule has 0 amide bonds. The molecule has 0 saturated heterocycles. The summed E-state index contributed by atoms with van der Waals surface area (Å²) in [5.41, 5.74) is 29.3. The molecule has 0 aliphatic heterocycles. The van der Waals surface area contributed by atoms with Crippen molar-refractivity contribution < 1.29 is 0 Å². The molecule has 0 saturated carbocycles. The molecule has 2 heterocycles. The Labute approximate surface area is 227 Å². The number of aromatic nitrogens is 4. The lowest BCUT2D eigenvalue weighted by Crippen LogP contribution is -1.87. The highest BCUT2D eigenvalue weighted by molar-refractivity contribution is 6.06. The summed E-state index contributed by atoms with van der Waals surface area (Å²) >= 11 is 0. The minimum absolute atomic E-state index is 0.189. The zero-order valence-electron chi connectivity index (χ0n) is 21.1. The van der Waals surface area contributed by atoms with Gasteiger partial charge in [-0.2, -0.15) is 20.4 Å². The molecular weight excluding hydrogens is 504 g/mol. The molecule has 2 aromatic heterocycles. The monoisotopic (exact) mass is 528 g/mol. The molecule has 4 aromatic carbocycles. The molecule has 0 radical (unpaired) electrons. The standard InChI is InChI=1S/C28H24N12/c29-25-23(26(30)38-37-25)35-33-18-9-1-7-16(13-18)20-11-3-5-15-6-4-12-21(22(15)20)17-8-2-10-19(14-17)34-36-24-27(31)39-40-28(24)32/h1-14H,(H5,29,30,37,38)(H5,31,32,39,40). The van der Waals surface area contributed by atoms with E-state index >= 15 is 0 Å². The van der Waals surface area contributed by atoms with Gasteiger partial charge in [-0.3, -0.25) is 10.2 Å². The van der Waals surface area contributed by atoms with Crippen molar-refractivity contribution in [1.29, 1.82) is 0 Å². The smallest absolute Gasteiger partial charge is 0.175 e. The first kappa shape index (κ1) is 24.3. The maximum atomic E-state index is 5.85. The Kier molecular flexibility index (Phi) is 6.09. The average Bonchev–Trinajstić information content (AvgIpc) is 3.48. The Balaban J connectivity index is 1.41. The number of azo groups is 2. The van der Waals surface area contributed by atoms with Crippen molar-refractivity contribution in [1.82, 2.24) is 20.4 Å². The summed E-state index contributed by atoms with van der Waals surface area (Å²) < 4.78 is 0. The topological polar surface area (TPSA) is 211 Å². The highest BCUT2D eigenvalue weighted by Crippen LogP contribution is 2.39. The number of benzene rings is 4. The van der Waals surface area contributed by atoms with Crippen LogP contribution >= 0.6 is 0 Å². The first-order valence-electron chi connectivity index (χ1n) is 12.2. The van der Waals surface area contributed by atoms with Gasteiger partial charge in [0.15, 0.2) is 23.0 Å². The Hall–Kier alpha value is -6.04. The van der Waals surface area contributed by atoms with Crippen LogP contribution in [0.2, 0.25) is 0 Å². The SMILES string of the molecule is Nc1n[nH]c(N)c1N=Nc1cccc(-c2cccc3cccc(-c4cccc(N=Nc5c(N)n[nH]c5N)c4)c23)c1. The van der Waals surface area contributed by atoms with Crippen molar-refractivity contribution in [2.24, 2.45) is 20.5 Å². The molecule has 6 aromatic rings. The van der Waals surface area contributed by atoms with Crippen molar-refractivity contribution in [2.45, 2.75) is 0 Å². The first-order chi connectivity index (χ1) is 19.5. The van der Waals surface area contributed by atoms with E-state index in [0.29, 0.717) is 22.7 Å². The molecule has 0 aliphatic carbocycles. The number of hydrogen-bond acceptors (Lipinski definition) is 10. The van der Waals surface area contributed by atoms with Gasteiger partial charge in [0, 0.05) is 0 Å². The van der Waals surface area contributed by atoms with Crippen molar-refractivity contribution in [3.05, 3.63) is 84.9 Å². The van der Waals surface area contributed by atoms with E-state index < -0.39 is 0 Å². The molecule has 0 aliphatic rings. The zero-order valence-corrected chi connectivity index (χ0v) is 21.1. The number of nitrogens with one attached hydrogen (secondary N) is 2. The summed E-state index contributed by atoms with van der Waals surface area (Å²) in [4.78, 5) is 0. The third-order valence-electron chi connectivity index (χ3n) is 6.34. The lowest BCUT2D eigenvalue weighted by Gasteiger charge is -2.13. The van der Waals surface area contributed by atoms with Crippen molar-refractivity contribution >= 4 is 56.8 Å². The van der Waals surface area contributed by atoms with Crippen LogP contribution in [0.5, 0.6) is 0 Å². The largest absolute Gasteiger partial charge is 0.382 e. The summed E-state index contributed by atoms with van der Waals surface area (Å²) in [6, 6.07) is 28.0. The molecular formula is C28H24N12. The Bertz CT molecular complexity index is 1740. The fraction of sp³-hybridized carbons (Fsp3) is 0. The van der Waals surface area contributed by atoms with Gasteiger partial charge in [0.1, 0.15) is 11.6 Å². The zero-order chi connectivity index (χ0) is 27.6. The lowest BCUT2D eigenvalue weighted by atomic mass is 9.91. The number of H-pyrrole nitrogens is 2. The number of hydrogen-bond donors (Lipinski definition) is 6. The van der Waals surface area contributed by atoms with E-state index in [2.05, 4.69) is 65.1 Å². The number of aromatic amines is 2. The fourth-order valence-corrected chi connectivity index (χ4v) is 4.45. The quantitative estimate of drug-likeness (QED) is 0.128. The second kappa shape index (κ2) is 10.0. The molecule has 10 N–H and O–H groups in total. The molecule has 0 fully saturated rings. The minimum Gasteiger partial charge on any atom is -0.382 e. The number of nitrogens with zero attached hydrogens (tertiary/aromatic N) is 6. The van der Waals surface area contributed by atoms with Gasteiger partial charge in [-0.05, 0) is 57.3 Å². The van der Waals surface area contributed by atoms with Gasteiger partial charge in [0.05, 0.1) is 11.4 Å². The molecule has 12 heteroatoms. The van der Waals surface area contributed by atoms with Gasteiger partial charge in [0.2, 0.25) is 0 Å². The van der Waals surface area contributed by atoms with Crippen LogP contribution in [0.3, 0.4) is 0 Å². The first-order valence-corrected chi connectivity index (χ1v) is 12.2. The maximum Gasteiger partial charge on any atom is 0.175 e. The summed E-state index contributed by atoms with van der Waals surface area (Å²) in [5.74, 6) is 0.897. The van der Waals surface area contributed by atoms with Crippen LogP contribution in [0.4, 0.5) is 46.0 Å². The number of rotatable bonds is 6. The van der Waals surface area contributed by atoms with Crippen LogP contribution in [0.1, 0.15) is 0 Å². The Morgan fingerprint density at radius 3 is 1.40 bits per heavy atom. The van der Waals surface area contributed by atoms with Crippen LogP contribution in [0.15, 0.2) is 105 Å². The van der Waals surface area contributed by atoms with Gasteiger partial charge in [-0.15, -0.1) is 10.2 Å². The highest BCUT2D eigenvalue weighted by Gasteiger charge is 2.12. The van der Waals surface area contributed by atoms with E-state index in [1.165, 1.54) is 0 Å². The maximum absolute atomic E-state index is 5.85. The van der Waals surface area contributed by atoms with Crippen LogP contribution in [-0.2, 0) is 0 Å². The average molecular weight is 529 g/mol. The van der Waals surface area contributed by atoms with Gasteiger partial charge in [0.25, 0.3) is 0 Å². The molecule has 6 rings (SSSR count). The van der Waals surface area contributed by atoms with Crippen LogP contribution in [-0.4, -0.2) is 20.4 Å². The van der Waals surface area contributed by atoms with Gasteiger partial charge < -0.3 is 22.9 Å². The molecule has 196 valence electrons. The second-order valence-corrected chi connectivity index (χ2v) is 8.95. The van der Waals surface area contributed by atoms with Gasteiger partial charge in [-0.1, -0.05) is 60.7 Å². The molecule has 0 spiro atoms. The van der Waals surface area contributed by atoms with E-state index in [-0.39, 0.29) is 23.3 Å². The van der Waals surface area contributed by atoms with Crippen LogP contribution < -0.4 is 22.9 Å². The van der Waals surface area contributed by atoms with E-state index in [4.69, 9.17) is 22.9 Å². The molecule has 0 unspecified atom stereocenters. The van der Waals surface area contributed by atoms with E-state index in [1.807, 2.05) is 60.7 Å². The van der Waals surface area contributed by atoms with Crippen molar-refractivity contribution in [3.8, 4) is 22.3 Å². The summed E-state index contributed by atoms with van der Waals surface area (Å²) in [6.45, 7) is 0. The highest BCUT2D eigenvalue weighted by atomic mass is 15.3. The number of anilines is 4. The lowest BCUT2D eigenvalue weighted by molar-refractivity contribution is 1.11. The number of nitrogen functional groups attached to an aromatic ring is 4. The third-order valence-corrected chi connectivity index (χ3v) is 6.34.